The molecule has 0 unspecified atom stereocenters. The van der Waals surface area contributed by atoms with Crippen molar-refractivity contribution in [3.63, 3.8) is 0 Å². The van der Waals surface area contributed by atoms with E-state index in [0.717, 1.165) is 31.7 Å². The van der Waals surface area contributed by atoms with E-state index < -0.39 is 0 Å². The van der Waals surface area contributed by atoms with Gasteiger partial charge in [-0.2, -0.15) is 0 Å². The second-order valence-corrected chi connectivity index (χ2v) is 5.37. The monoisotopic (exact) mass is 279 g/mol. The van der Waals surface area contributed by atoms with Crippen LogP contribution in [0.1, 0.15) is 18.4 Å². The molecule has 0 spiro atoms. The van der Waals surface area contributed by atoms with Gasteiger partial charge in [-0.1, -0.05) is 48.0 Å². The van der Waals surface area contributed by atoms with Gasteiger partial charge in [-0.3, -0.25) is 0 Å². The third kappa shape index (κ3) is 3.34. The van der Waals surface area contributed by atoms with E-state index >= 15 is 0 Å². The molecule has 0 aromatic heterocycles. The molecule has 1 aliphatic rings. The number of rotatable bonds is 3. The lowest BCUT2D eigenvalue weighted by atomic mass is 9.95. The van der Waals surface area contributed by atoms with Crippen molar-refractivity contribution in [3.05, 3.63) is 59.7 Å². The van der Waals surface area contributed by atoms with Crippen LogP contribution in [0.3, 0.4) is 0 Å². The molecule has 2 aromatic carbocycles. The molecule has 1 aliphatic heterocycles. The Labute approximate surface area is 126 Å². The molecule has 0 amide bonds. The summed E-state index contributed by atoms with van der Waals surface area (Å²) in [5, 5.41) is 3.40. The van der Waals surface area contributed by atoms with Crippen LogP contribution in [0.2, 0.25) is 0 Å². The maximum absolute atomic E-state index is 5.24. The number of hydrogen-bond acceptors (Lipinski definition) is 2. The number of benzene rings is 2. The van der Waals surface area contributed by atoms with Crippen molar-refractivity contribution in [2.75, 3.05) is 20.2 Å². The van der Waals surface area contributed by atoms with Gasteiger partial charge in [0.15, 0.2) is 0 Å². The molecule has 0 atom stereocenters. The van der Waals surface area contributed by atoms with Gasteiger partial charge in [0.1, 0.15) is 5.75 Å². The summed E-state index contributed by atoms with van der Waals surface area (Å²) in [4.78, 5) is 0. The highest BCUT2D eigenvalue weighted by Gasteiger charge is 2.07. The van der Waals surface area contributed by atoms with Crippen molar-refractivity contribution in [2.45, 2.75) is 12.8 Å². The van der Waals surface area contributed by atoms with Crippen LogP contribution in [0, 0.1) is 0 Å². The Morgan fingerprint density at radius 3 is 2.38 bits per heavy atom. The molecule has 0 radical (unpaired) electrons. The molecule has 2 heteroatoms. The summed E-state index contributed by atoms with van der Waals surface area (Å²) in [6, 6.07) is 16.9. The van der Waals surface area contributed by atoms with Crippen LogP contribution >= 0.6 is 0 Å². The van der Waals surface area contributed by atoms with E-state index in [0.29, 0.717) is 0 Å². The van der Waals surface area contributed by atoms with Gasteiger partial charge in [-0.05, 0) is 54.8 Å². The first kappa shape index (κ1) is 13.9. The maximum Gasteiger partial charge on any atom is 0.118 e. The van der Waals surface area contributed by atoms with E-state index in [1.54, 1.807) is 7.11 Å². The molecule has 1 saturated heterocycles. The molecule has 108 valence electrons. The van der Waals surface area contributed by atoms with Gasteiger partial charge >= 0.3 is 0 Å². The lowest BCUT2D eigenvalue weighted by Crippen LogP contribution is -2.22. The standard InChI is InChI=1S/C19H21NO/c1-21-18-8-6-16(7-9-18)19-5-3-2-4-17(19)14-15-10-12-20-13-11-15/h2-9,14,20H,10-13H2,1H3. The number of methoxy groups -OCH3 is 1. The Morgan fingerprint density at radius 1 is 0.952 bits per heavy atom. The quantitative estimate of drug-likeness (QED) is 0.912. The highest BCUT2D eigenvalue weighted by Crippen LogP contribution is 2.28. The number of hydrogen-bond donors (Lipinski definition) is 1. The minimum atomic E-state index is 0.896. The molecule has 21 heavy (non-hydrogen) atoms. The average Bonchev–Trinajstić information content (AvgIpc) is 2.56. The molecule has 1 heterocycles. The third-order valence-electron chi connectivity index (χ3n) is 3.97. The Morgan fingerprint density at radius 2 is 1.67 bits per heavy atom. The van der Waals surface area contributed by atoms with Gasteiger partial charge in [-0.15, -0.1) is 0 Å². The van der Waals surface area contributed by atoms with Crippen LogP contribution in [0.25, 0.3) is 17.2 Å². The molecule has 1 N–H and O–H groups in total. The first-order chi connectivity index (χ1) is 10.4. The zero-order valence-corrected chi connectivity index (χ0v) is 12.4. The number of piperidine rings is 1. The first-order valence-electron chi connectivity index (χ1n) is 7.50. The lowest BCUT2D eigenvalue weighted by Gasteiger charge is -2.16. The molecule has 0 aliphatic carbocycles. The Balaban J connectivity index is 1.94. The minimum Gasteiger partial charge on any atom is -0.497 e. The molecular formula is C19H21NO. The molecule has 2 aromatic rings. The number of nitrogens with one attached hydrogen (secondary N) is 1. The van der Waals surface area contributed by atoms with Crippen LogP contribution in [-0.4, -0.2) is 20.2 Å². The first-order valence-corrected chi connectivity index (χ1v) is 7.50. The van der Waals surface area contributed by atoms with Crippen molar-refractivity contribution in [1.82, 2.24) is 5.32 Å². The highest BCUT2D eigenvalue weighted by molar-refractivity contribution is 5.76. The predicted molar refractivity (Wildman–Crippen MR) is 88.5 cm³/mol. The van der Waals surface area contributed by atoms with Crippen molar-refractivity contribution < 1.29 is 4.74 Å². The van der Waals surface area contributed by atoms with E-state index in [2.05, 4.69) is 47.8 Å². The van der Waals surface area contributed by atoms with E-state index in [-0.39, 0.29) is 0 Å². The van der Waals surface area contributed by atoms with Crippen LogP contribution in [0.4, 0.5) is 0 Å². The summed E-state index contributed by atoms with van der Waals surface area (Å²) < 4.78 is 5.24. The molecule has 1 fully saturated rings. The van der Waals surface area contributed by atoms with Gasteiger partial charge in [0.25, 0.3) is 0 Å². The van der Waals surface area contributed by atoms with Crippen LogP contribution in [0.15, 0.2) is 54.1 Å². The average molecular weight is 279 g/mol. The third-order valence-corrected chi connectivity index (χ3v) is 3.97. The highest BCUT2D eigenvalue weighted by atomic mass is 16.5. The Kier molecular flexibility index (Phi) is 4.37. The Hall–Kier alpha value is -2.06. The summed E-state index contributed by atoms with van der Waals surface area (Å²) >= 11 is 0. The predicted octanol–water partition coefficient (Wildman–Crippen LogP) is 4.13. The van der Waals surface area contributed by atoms with Crippen molar-refractivity contribution in [2.24, 2.45) is 0 Å². The fraction of sp³-hybridized carbons (Fsp3) is 0.263. The zero-order valence-electron chi connectivity index (χ0n) is 12.4. The van der Waals surface area contributed by atoms with Gasteiger partial charge < -0.3 is 10.1 Å². The summed E-state index contributed by atoms with van der Waals surface area (Å²) in [6.07, 6.45) is 4.66. The lowest BCUT2D eigenvalue weighted by molar-refractivity contribution is 0.415. The summed E-state index contributed by atoms with van der Waals surface area (Å²) in [5.74, 6) is 0.896. The SMILES string of the molecule is COc1ccc(-c2ccccc2C=C2CCNCC2)cc1. The zero-order chi connectivity index (χ0) is 14.5. The van der Waals surface area contributed by atoms with E-state index in [1.807, 2.05) is 12.1 Å². The van der Waals surface area contributed by atoms with E-state index in [9.17, 15) is 0 Å². The Bertz CT molecular complexity index is 620. The van der Waals surface area contributed by atoms with E-state index in [4.69, 9.17) is 4.74 Å². The molecular weight excluding hydrogens is 258 g/mol. The minimum absolute atomic E-state index is 0.896. The van der Waals surface area contributed by atoms with Crippen molar-refractivity contribution >= 4 is 6.08 Å². The smallest absolute Gasteiger partial charge is 0.118 e. The maximum atomic E-state index is 5.24. The summed E-state index contributed by atoms with van der Waals surface area (Å²) in [6.45, 7) is 2.19. The second-order valence-electron chi connectivity index (χ2n) is 5.37. The van der Waals surface area contributed by atoms with Gasteiger partial charge in [0.2, 0.25) is 0 Å². The van der Waals surface area contributed by atoms with Crippen molar-refractivity contribution in [3.8, 4) is 16.9 Å². The topological polar surface area (TPSA) is 21.3 Å². The van der Waals surface area contributed by atoms with Gasteiger partial charge in [0, 0.05) is 0 Å². The van der Waals surface area contributed by atoms with E-state index in [1.165, 1.54) is 22.3 Å². The van der Waals surface area contributed by atoms with Crippen LogP contribution < -0.4 is 10.1 Å². The normalized spacial score (nSPS) is 14.8. The summed E-state index contributed by atoms with van der Waals surface area (Å²) in [7, 11) is 1.70. The molecule has 0 bridgehead atoms. The van der Waals surface area contributed by atoms with Crippen LogP contribution in [0.5, 0.6) is 5.75 Å². The second kappa shape index (κ2) is 6.59. The molecule has 0 saturated carbocycles. The van der Waals surface area contributed by atoms with Crippen molar-refractivity contribution in [1.29, 1.82) is 0 Å². The number of ether oxygens (including phenoxy) is 1. The molecule has 3 rings (SSSR count). The van der Waals surface area contributed by atoms with Gasteiger partial charge in [-0.25, -0.2) is 0 Å². The van der Waals surface area contributed by atoms with Gasteiger partial charge in [0.05, 0.1) is 7.11 Å². The summed E-state index contributed by atoms with van der Waals surface area (Å²) in [5.41, 5.74) is 5.36. The fourth-order valence-corrected chi connectivity index (χ4v) is 2.77. The largest absolute Gasteiger partial charge is 0.497 e. The molecule has 2 nitrogen and oxygen atoms in total. The van der Waals surface area contributed by atoms with Crippen LogP contribution in [-0.2, 0) is 0 Å². The fourth-order valence-electron chi connectivity index (χ4n) is 2.77.